The maximum Gasteiger partial charge on any atom is 0.0992 e. The van der Waals surface area contributed by atoms with Gasteiger partial charge in [-0.1, -0.05) is 22.0 Å². The molecule has 0 unspecified atom stereocenters. The maximum absolute atomic E-state index is 8.77. The molecule has 0 atom stereocenters. The summed E-state index contributed by atoms with van der Waals surface area (Å²) in [6.07, 6.45) is 0. The van der Waals surface area contributed by atoms with E-state index in [1.807, 2.05) is 24.1 Å². The van der Waals surface area contributed by atoms with E-state index in [2.05, 4.69) is 22.0 Å². The predicted molar refractivity (Wildman–Crippen MR) is 62.3 cm³/mol. The van der Waals surface area contributed by atoms with E-state index in [1.54, 1.807) is 6.07 Å². The minimum Gasteiger partial charge on any atom is -0.395 e. The van der Waals surface area contributed by atoms with Gasteiger partial charge in [-0.05, 0) is 24.7 Å². The molecule has 0 saturated carbocycles. The van der Waals surface area contributed by atoms with Crippen molar-refractivity contribution < 1.29 is 5.11 Å². The molecule has 3 nitrogen and oxygen atoms in total. The number of nitrogens with zero attached hydrogens (tertiary/aromatic N) is 2. The summed E-state index contributed by atoms with van der Waals surface area (Å²) in [7, 11) is 1.95. The van der Waals surface area contributed by atoms with Gasteiger partial charge in [-0.15, -0.1) is 0 Å². The minimum absolute atomic E-state index is 0.157. The Morgan fingerprint density at radius 3 is 2.80 bits per heavy atom. The van der Waals surface area contributed by atoms with Gasteiger partial charge in [-0.2, -0.15) is 5.26 Å². The fraction of sp³-hybridized carbons (Fsp3) is 0.364. The van der Waals surface area contributed by atoms with Gasteiger partial charge in [0.15, 0.2) is 0 Å². The Morgan fingerprint density at radius 1 is 1.53 bits per heavy atom. The number of hydrogen-bond acceptors (Lipinski definition) is 3. The minimum atomic E-state index is 0.157. The summed E-state index contributed by atoms with van der Waals surface area (Å²) >= 11 is 3.43. The van der Waals surface area contributed by atoms with Crippen molar-refractivity contribution in [1.82, 2.24) is 4.90 Å². The van der Waals surface area contributed by atoms with Gasteiger partial charge < -0.3 is 5.11 Å². The van der Waals surface area contributed by atoms with E-state index >= 15 is 0 Å². The zero-order valence-corrected chi connectivity index (χ0v) is 10.2. The average molecular weight is 269 g/mol. The van der Waals surface area contributed by atoms with E-state index < -0.39 is 0 Å². The van der Waals surface area contributed by atoms with Crippen LogP contribution in [0.5, 0.6) is 0 Å². The summed E-state index contributed by atoms with van der Waals surface area (Å²) in [4.78, 5) is 2.02. The fourth-order valence-electron chi connectivity index (χ4n) is 1.29. The van der Waals surface area contributed by atoms with Crippen molar-refractivity contribution in [1.29, 1.82) is 5.26 Å². The molecule has 0 spiro atoms. The van der Waals surface area contributed by atoms with E-state index in [1.165, 1.54) is 0 Å². The molecule has 1 aromatic carbocycles. The molecular weight excluding hydrogens is 256 g/mol. The van der Waals surface area contributed by atoms with Crippen LogP contribution in [-0.4, -0.2) is 30.2 Å². The number of aliphatic hydroxyl groups excluding tert-OH is 1. The first-order valence-electron chi connectivity index (χ1n) is 4.65. The molecule has 0 saturated heterocycles. The van der Waals surface area contributed by atoms with Crippen molar-refractivity contribution >= 4 is 15.9 Å². The van der Waals surface area contributed by atoms with Gasteiger partial charge >= 0.3 is 0 Å². The highest BCUT2D eigenvalue weighted by molar-refractivity contribution is 9.10. The van der Waals surface area contributed by atoms with Crippen LogP contribution in [0.15, 0.2) is 22.7 Å². The number of rotatable bonds is 4. The monoisotopic (exact) mass is 268 g/mol. The quantitative estimate of drug-likeness (QED) is 0.905. The number of halogens is 1. The second-order valence-corrected chi connectivity index (χ2v) is 4.23. The van der Waals surface area contributed by atoms with Crippen LogP contribution in [0.4, 0.5) is 0 Å². The standard InChI is InChI=1S/C11H13BrN2O/c1-14(4-5-15)8-10-3-2-9(7-13)6-11(10)12/h2-3,6,15H,4-5,8H2,1H3. The van der Waals surface area contributed by atoms with E-state index in [9.17, 15) is 0 Å². The van der Waals surface area contributed by atoms with Gasteiger partial charge in [-0.3, -0.25) is 4.90 Å². The van der Waals surface area contributed by atoms with Crippen LogP contribution in [0, 0.1) is 11.3 Å². The molecule has 80 valence electrons. The number of hydrogen-bond donors (Lipinski definition) is 1. The third-order valence-electron chi connectivity index (χ3n) is 2.10. The number of aliphatic hydroxyl groups is 1. The van der Waals surface area contributed by atoms with Crippen LogP contribution < -0.4 is 0 Å². The van der Waals surface area contributed by atoms with Crippen molar-refractivity contribution in [3.05, 3.63) is 33.8 Å². The van der Waals surface area contributed by atoms with Crippen LogP contribution >= 0.6 is 15.9 Å². The predicted octanol–water partition coefficient (Wildman–Crippen LogP) is 1.74. The average Bonchev–Trinajstić information content (AvgIpc) is 2.21. The van der Waals surface area contributed by atoms with Crippen molar-refractivity contribution in [3.8, 4) is 6.07 Å². The molecular formula is C11H13BrN2O. The Kier molecular flexibility index (Phi) is 4.76. The molecule has 0 aromatic heterocycles. The molecule has 15 heavy (non-hydrogen) atoms. The van der Waals surface area contributed by atoms with Crippen molar-refractivity contribution in [2.45, 2.75) is 6.54 Å². The summed E-state index contributed by atoms with van der Waals surface area (Å²) < 4.78 is 0.936. The normalized spacial score (nSPS) is 10.3. The van der Waals surface area contributed by atoms with Crippen LogP contribution in [0.25, 0.3) is 0 Å². The highest BCUT2D eigenvalue weighted by Crippen LogP contribution is 2.19. The lowest BCUT2D eigenvalue weighted by atomic mass is 10.1. The smallest absolute Gasteiger partial charge is 0.0992 e. The lowest BCUT2D eigenvalue weighted by Crippen LogP contribution is -2.21. The third kappa shape index (κ3) is 3.63. The zero-order chi connectivity index (χ0) is 11.3. The Morgan fingerprint density at radius 2 is 2.27 bits per heavy atom. The van der Waals surface area contributed by atoms with Crippen LogP contribution in [-0.2, 0) is 6.54 Å². The summed E-state index contributed by atoms with van der Waals surface area (Å²) in [6, 6.07) is 7.62. The first kappa shape index (κ1) is 12.2. The van der Waals surface area contributed by atoms with Crippen molar-refractivity contribution in [2.75, 3.05) is 20.2 Å². The second kappa shape index (κ2) is 5.86. The van der Waals surface area contributed by atoms with E-state index in [-0.39, 0.29) is 6.61 Å². The third-order valence-corrected chi connectivity index (χ3v) is 2.84. The number of likely N-dealkylation sites (N-methyl/N-ethyl adjacent to an activating group) is 1. The molecule has 1 N–H and O–H groups in total. The van der Waals surface area contributed by atoms with Gasteiger partial charge in [0.2, 0.25) is 0 Å². The van der Waals surface area contributed by atoms with Gasteiger partial charge in [0.1, 0.15) is 0 Å². The molecule has 0 heterocycles. The van der Waals surface area contributed by atoms with Crippen LogP contribution in [0.2, 0.25) is 0 Å². The molecule has 1 aromatic rings. The molecule has 0 fully saturated rings. The lowest BCUT2D eigenvalue weighted by Gasteiger charge is -2.16. The zero-order valence-electron chi connectivity index (χ0n) is 8.57. The molecule has 0 aliphatic heterocycles. The molecule has 1 rings (SSSR count). The Balaban J connectivity index is 2.74. The first-order valence-corrected chi connectivity index (χ1v) is 5.44. The Labute approximate surface area is 98.1 Å². The summed E-state index contributed by atoms with van der Waals surface area (Å²) in [5, 5.41) is 17.5. The van der Waals surface area contributed by atoms with E-state index in [0.717, 1.165) is 16.6 Å². The molecule has 0 aliphatic carbocycles. The molecule has 0 amide bonds. The van der Waals surface area contributed by atoms with Gasteiger partial charge in [0.05, 0.1) is 18.2 Å². The van der Waals surface area contributed by atoms with E-state index in [0.29, 0.717) is 12.1 Å². The molecule has 0 bridgehead atoms. The Hall–Kier alpha value is -0.890. The van der Waals surface area contributed by atoms with Gasteiger partial charge in [0, 0.05) is 17.6 Å². The van der Waals surface area contributed by atoms with Crippen molar-refractivity contribution in [3.63, 3.8) is 0 Å². The summed E-state index contributed by atoms with van der Waals surface area (Å²) in [6.45, 7) is 1.56. The number of benzene rings is 1. The van der Waals surface area contributed by atoms with Gasteiger partial charge in [-0.25, -0.2) is 0 Å². The topological polar surface area (TPSA) is 47.3 Å². The summed E-state index contributed by atoms with van der Waals surface area (Å²) in [5.41, 5.74) is 1.76. The number of nitriles is 1. The van der Waals surface area contributed by atoms with Crippen LogP contribution in [0.1, 0.15) is 11.1 Å². The molecule has 4 heteroatoms. The second-order valence-electron chi connectivity index (χ2n) is 3.38. The largest absolute Gasteiger partial charge is 0.395 e. The van der Waals surface area contributed by atoms with Crippen molar-refractivity contribution in [2.24, 2.45) is 0 Å². The highest BCUT2D eigenvalue weighted by Gasteiger charge is 2.04. The fourth-order valence-corrected chi connectivity index (χ4v) is 1.79. The first-order chi connectivity index (χ1) is 7.17. The van der Waals surface area contributed by atoms with Crippen LogP contribution in [0.3, 0.4) is 0 Å². The Bertz CT molecular complexity index is 373. The highest BCUT2D eigenvalue weighted by atomic mass is 79.9. The maximum atomic E-state index is 8.77. The summed E-state index contributed by atoms with van der Waals surface area (Å²) in [5.74, 6) is 0. The molecule has 0 aliphatic rings. The SMILES string of the molecule is CN(CCO)Cc1ccc(C#N)cc1Br. The van der Waals surface area contributed by atoms with E-state index in [4.69, 9.17) is 10.4 Å². The lowest BCUT2D eigenvalue weighted by molar-refractivity contribution is 0.217. The van der Waals surface area contributed by atoms with Gasteiger partial charge in [0.25, 0.3) is 0 Å². The molecule has 0 radical (unpaired) electrons.